The number of rotatable bonds is 9. The summed E-state index contributed by atoms with van der Waals surface area (Å²) >= 11 is 0. The number of hydrogen-bond donors (Lipinski definition) is 1. The van der Waals surface area contributed by atoms with Gasteiger partial charge in [0.15, 0.2) is 11.6 Å². The molecule has 0 radical (unpaired) electrons. The van der Waals surface area contributed by atoms with Crippen molar-refractivity contribution in [1.82, 2.24) is 25.0 Å². The minimum atomic E-state index is -0.229. The van der Waals surface area contributed by atoms with Crippen LogP contribution in [0.5, 0.6) is 0 Å². The van der Waals surface area contributed by atoms with Gasteiger partial charge in [0, 0.05) is 39.7 Å². The molecule has 0 spiro atoms. The van der Waals surface area contributed by atoms with Crippen molar-refractivity contribution >= 4 is 5.91 Å². The number of nitrogens with zero attached hydrogens (tertiary/aromatic N) is 4. The lowest BCUT2D eigenvalue weighted by Gasteiger charge is -2.28. The summed E-state index contributed by atoms with van der Waals surface area (Å²) in [6.07, 6.45) is 8.60. The molecule has 1 aliphatic heterocycles. The molecule has 2 aromatic rings. The van der Waals surface area contributed by atoms with Gasteiger partial charge in [0.2, 0.25) is 0 Å². The van der Waals surface area contributed by atoms with Crippen LogP contribution >= 0.6 is 0 Å². The van der Waals surface area contributed by atoms with E-state index in [1.54, 1.807) is 19.2 Å². The lowest BCUT2D eigenvalue weighted by atomic mass is 9.89. The molecule has 4 rings (SSSR count). The van der Waals surface area contributed by atoms with E-state index in [2.05, 4.69) is 38.8 Å². The molecule has 1 saturated carbocycles. The predicted molar refractivity (Wildman–Crippen MR) is 126 cm³/mol. The van der Waals surface area contributed by atoms with Crippen molar-refractivity contribution in [2.75, 3.05) is 26.7 Å². The highest BCUT2D eigenvalue weighted by Crippen LogP contribution is 2.26. The van der Waals surface area contributed by atoms with Gasteiger partial charge in [-0.3, -0.25) is 4.79 Å². The molecule has 1 atom stereocenters. The van der Waals surface area contributed by atoms with Gasteiger partial charge in [-0.15, -0.1) is 10.2 Å². The molecule has 3 heterocycles. The zero-order valence-corrected chi connectivity index (χ0v) is 20.4. The Kier molecular flexibility index (Phi) is 8.20. The van der Waals surface area contributed by atoms with E-state index < -0.39 is 0 Å². The molecule has 0 bridgehead atoms. The Hall–Kier alpha value is -2.19. The Bertz CT molecular complexity index is 900. The highest BCUT2D eigenvalue weighted by Gasteiger charge is 2.28. The maximum atomic E-state index is 12.9. The predicted octanol–water partition coefficient (Wildman–Crippen LogP) is 3.97. The number of aromatic nitrogens is 3. The van der Waals surface area contributed by atoms with Crippen molar-refractivity contribution in [1.29, 1.82) is 0 Å². The number of nitrogens with one attached hydrogen (secondary N) is 1. The molecule has 1 aliphatic carbocycles. The van der Waals surface area contributed by atoms with Gasteiger partial charge in [0.25, 0.3) is 5.91 Å². The van der Waals surface area contributed by atoms with Crippen molar-refractivity contribution < 1.29 is 13.9 Å². The van der Waals surface area contributed by atoms with Gasteiger partial charge in [-0.1, -0.05) is 33.1 Å². The topological polar surface area (TPSA) is 85.4 Å². The quantitative estimate of drug-likeness (QED) is 0.613. The van der Waals surface area contributed by atoms with Gasteiger partial charge in [0.05, 0.1) is 6.04 Å². The third-order valence-corrected chi connectivity index (χ3v) is 6.88. The molecule has 1 N–H and O–H groups in total. The minimum absolute atomic E-state index is 0.209. The molecule has 33 heavy (non-hydrogen) atoms. The van der Waals surface area contributed by atoms with Gasteiger partial charge in [-0.2, -0.15) is 0 Å². The third-order valence-electron chi connectivity index (χ3n) is 6.88. The van der Waals surface area contributed by atoms with Crippen LogP contribution in [0, 0.1) is 11.8 Å². The van der Waals surface area contributed by atoms with E-state index in [0.717, 1.165) is 50.0 Å². The molecule has 1 amide bonds. The summed E-state index contributed by atoms with van der Waals surface area (Å²) < 4.78 is 13.0. The maximum Gasteiger partial charge on any atom is 0.287 e. The van der Waals surface area contributed by atoms with Gasteiger partial charge in [-0.05, 0) is 43.2 Å². The average Bonchev–Trinajstić information content (AvgIpc) is 3.38. The first-order valence-electron chi connectivity index (χ1n) is 12.6. The van der Waals surface area contributed by atoms with E-state index in [0.29, 0.717) is 24.0 Å². The number of carbonyl (C=O) groups is 1. The molecule has 0 saturated heterocycles. The lowest BCUT2D eigenvalue weighted by Crippen LogP contribution is -2.34. The Labute approximate surface area is 197 Å². The molecule has 2 aromatic heterocycles. The number of hydrogen-bond acceptors (Lipinski definition) is 6. The second kappa shape index (κ2) is 11.3. The fourth-order valence-corrected chi connectivity index (χ4v) is 5.21. The van der Waals surface area contributed by atoms with Crippen LogP contribution in [0.25, 0.3) is 0 Å². The Balaban J connectivity index is 1.44. The molecule has 1 fully saturated rings. The highest BCUT2D eigenvalue weighted by atomic mass is 16.5. The van der Waals surface area contributed by atoms with E-state index in [1.807, 2.05) is 0 Å². The number of methoxy groups -OCH3 is 1. The van der Waals surface area contributed by atoms with E-state index in [9.17, 15) is 4.79 Å². The molecular weight excluding hydrogens is 418 g/mol. The van der Waals surface area contributed by atoms with Gasteiger partial charge in [-0.25, -0.2) is 0 Å². The monoisotopic (exact) mass is 457 g/mol. The third kappa shape index (κ3) is 6.23. The first-order chi connectivity index (χ1) is 16.0. The smallest absolute Gasteiger partial charge is 0.287 e. The van der Waals surface area contributed by atoms with Crippen LogP contribution in [0.4, 0.5) is 0 Å². The van der Waals surface area contributed by atoms with Crippen molar-refractivity contribution in [3.05, 3.63) is 35.3 Å². The van der Waals surface area contributed by atoms with Crippen molar-refractivity contribution in [3.8, 4) is 0 Å². The van der Waals surface area contributed by atoms with Crippen LogP contribution in [0.1, 0.15) is 86.4 Å². The first-order valence-corrected chi connectivity index (χ1v) is 12.6. The second-order valence-electron chi connectivity index (χ2n) is 10.0. The Morgan fingerprint density at radius 3 is 2.76 bits per heavy atom. The number of carbonyl (C=O) groups excluding carboxylic acids is 1. The number of furan rings is 1. The molecule has 8 heteroatoms. The zero-order chi connectivity index (χ0) is 23.2. The highest BCUT2D eigenvalue weighted by molar-refractivity contribution is 5.91. The lowest BCUT2D eigenvalue weighted by molar-refractivity contribution is 0.0892. The molecular formula is C25H39N5O3. The largest absolute Gasteiger partial charge is 0.453 e. The summed E-state index contributed by atoms with van der Waals surface area (Å²) in [7, 11) is 1.61. The molecule has 182 valence electrons. The standard InChI is InChI=1S/C25H39N5O3/c1-18(2)15-21(26-25(31)22-10-9-20(33-22)17-32-3)24-28-27-23-11-12-29(13-14-30(23)24)16-19-7-5-4-6-8-19/h9-10,18-19,21H,4-8,11-17H2,1-3H3,(H,26,31)/t21-/m0/s1. The number of fused-ring (bicyclic) bond motifs is 1. The zero-order valence-electron chi connectivity index (χ0n) is 20.4. The normalized spacial score (nSPS) is 18.8. The summed E-state index contributed by atoms with van der Waals surface area (Å²) in [5.74, 6) is 3.83. The van der Waals surface area contributed by atoms with Crippen LogP contribution in [-0.4, -0.2) is 52.3 Å². The summed E-state index contributed by atoms with van der Waals surface area (Å²) in [5.41, 5.74) is 0. The fourth-order valence-electron chi connectivity index (χ4n) is 5.21. The molecule has 8 nitrogen and oxygen atoms in total. The van der Waals surface area contributed by atoms with Crippen LogP contribution in [0.15, 0.2) is 16.5 Å². The Morgan fingerprint density at radius 1 is 1.18 bits per heavy atom. The van der Waals surface area contributed by atoms with Crippen molar-refractivity contribution in [2.45, 2.75) is 78.0 Å². The molecule has 2 aliphatic rings. The minimum Gasteiger partial charge on any atom is -0.453 e. The van der Waals surface area contributed by atoms with Gasteiger partial charge in [0.1, 0.15) is 18.2 Å². The van der Waals surface area contributed by atoms with E-state index in [4.69, 9.17) is 9.15 Å². The number of amides is 1. The molecule has 0 aromatic carbocycles. The Morgan fingerprint density at radius 2 is 2.00 bits per heavy atom. The van der Waals surface area contributed by atoms with Crippen LogP contribution < -0.4 is 5.32 Å². The average molecular weight is 458 g/mol. The van der Waals surface area contributed by atoms with E-state index in [1.165, 1.54) is 38.6 Å². The molecule has 0 unspecified atom stereocenters. The van der Waals surface area contributed by atoms with Crippen LogP contribution in [0.2, 0.25) is 0 Å². The van der Waals surface area contributed by atoms with Crippen molar-refractivity contribution in [2.24, 2.45) is 11.8 Å². The summed E-state index contributed by atoms with van der Waals surface area (Å²) in [4.78, 5) is 15.5. The van der Waals surface area contributed by atoms with E-state index >= 15 is 0 Å². The van der Waals surface area contributed by atoms with Gasteiger partial charge >= 0.3 is 0 Å². The van der Waals surface area contributed by atoms with E-state index in [-0.39, 0.29) is 11.9 Å². The summed E-state index contributed by atoms with van der Waals surface area (Å²) in [6.45, 7) is 8.77. The van der Waals surface area contributed by atoms with Crippen molar-refractivity contribution in [3.63, 3.8) is 0 Å². The first kappa shape index (κ1) is 24.0. The van der Waals surface area contributed by atoms with Crippen LogP contribution in [-0.2, 0) is 24.3 Å². The summed E-state index contributed by atoms with van der Waals surface area (Å²) in [5, 5.41) is 12.2. The maximum absolute atomic E-state index is 12.9. The fraction of sp³-hybridized carbons (Fsp3) is 0.720. The van der Waals surface area contributed by atoms with Gasteiger partial charge < -0.3 is 23.9 Å². The number of ether oxygens (including phenoxy) is 1. The second-order valence-corrected chi connectivity index (χ2v) is 10.0. The summed E-state index contributed by atoms with van der Waals surface area (Å²) in [6, 6.07) is 3.27. The van der Waals surface area contributed by atoms with Crippen LogP contribution in [0.3, 0.4) is 0 Å². The SMILES string of the molecule is COCc1ccc(C(=O)N[C@@H](CC(C)C)c2nnc3n2CCN(CC2CCCCC2)CC3)o1.